The van der Waals surface area contributed by atoms with Gasteiger partial charge in [-0.25, -0.2) is 5.84 Å². The van der Waals surface area contributed by atoms with E-state index in [2.05, 4.69) is 0 Å². The largest absolute Gasteiger partial charge is 0.476 e. The van der Waals surface area contributed by atoms with Crippen molar-refractivity contribution in [2.45, 2.75) is 13.0 Å². The van der Waals surface area contributed by atoms with Crippen LogP contribution in [0.25, 0.3) is 0 Å². The number of hydrazine groups is 1. The second-order valence-electron chi connectivity index (χ2n) is 3.71. The molecule has 0 fully saturated rings. The van der Waals surface area contributed by atoms with Crippen molar-refractivity contribution < 1.29 is 14.3 Å². The van der Waals surface area contributed by atoms with Crippen LogP contribution in [-0.2, 0) is 9.59 Å². The van der Waals surface area contributed by atoms with Crippen LogP contribution < -0.4 is 20.9 Å². The average Bonchev–Trinajstić information content (AvgIpc) is 2.36. The smallest absolute Gasteiger partial charge is 0.276 e. The molecule has 0 saturated carbocycles. The molecule has 6 nitrogen and oxygen atoms in total. The van der Waals surface area contributed by atoms with E-state index in [1.807, 2.05) is 11.5 Å². The molecular formula is C11H13N3O3. The fraction of sp³-hybridized carbons (Fsp3) is 0.273. The summed E-state index contributed by atoms with van der Waals surface area (Å²) in [6.07, 6.45) is -0.779. The van der Waals surface area contributed by atoms with E-state index >= 15 is 0 Å². The lowest BCUT2D eigenvalue weighted by atomic mass is 10.2. The average molecular weight is 235 g/mol. The third kappa shape index (κ3) is 2.07. The van der Waals surface area contributed by atoms with Crippen LogP contribution in [-0.4, -0.2) is 24.5 Å². The van der Waals surface area contributed by atoms with Crippen LogP contribution >= 0.6 is 0 Å². The first-order valence-electron chi connectivity index (χ1n) is 5.17. The Morgan fingerprint density at radius 2 is 2.18 bits per heavy atom. The second-order valence-corrected chi connectivity index (χ2v) is 3.71. The molecular weight excluding hydrogens is 222 g/mol. The van der Waals surface area contributed by atoms with Crippen LogP contribution in [0.4, 0.5) is 5.69 Å². The Kier molecular flexibility index (Phi) is 2.97. The summed E-state index contributed by atoms with van der Waals surface area (Å²) < 4.78 is 5.48. The van der Waals surface area contributed by atoms with Gasteiger partial charge in [-0.05, 0) is 12.1 Å². The zero-order chi connectivity index (χ0) is 12.4. The summed E-state index contributed by atoms with van der Waals surface area (Å²) in [6, 6.07) is 7.07. The lowest BCUT2D eigenvalue weighted by Gasteiger charge is -2.33. The van der Waals surface area contributed by atoms with Gasteiger partial charge in [-0.15, -0.1) is 0 Å². The summed E-state index contributed by atoms with van der Waals surface area (Å²) in [6.45, 7) is 1.61. The van der Waals surface area contributed by atoms with Crippen LogP contribution in [0.15, 0.2) is 24.3 Å². The van der Waals surface area contributed by atoms with E-state index in [0.29, 0.717) is 11.4 Å². The number of hydrogen-bond donors (Lipinski definition) is 2. The molecule has 2 amide bonds. The van der Waals surface area contributed by atoms with Crippen molar-refractivity contribution in [3.8, 4) is 5.75 Å². The number of carbonyl (C=O) groups excluding carboxylic acids is 2. The van der Waals surface area contributed by atoms with Crippen LogP contribution in [0.5, 0.6) is 5.75 Å². The number of nitrogens with zero attached hydrogens (tertiary/aromatic N) is 1. The SMILES string of the molecule is CC(=O)N1C[C@H](C(=O)NN)Oc2ccccc21. The topological polar surface area (TPSA) is 84.7 Å². The number of fused-ring (bicyclic) bond motifs is 1. The van der Waals surface area contributed by atoms with Gasteiger partial charge in [0.15, 0.2) is 6.10 Å². The van der Waals surface area contributed by atoms with Crippen molar-refractivity contribution in [1.82, 2.24) is 5.43 Å². The summed E-state index contributed by atoms with van der Waals surface area (Å²) >= 11 is 0. The Hall–Kier alpha value is -2.08. The monoisotopic (exact) mass is 235 g/mol. The molecule has 6 heteroatoms. The Labute approximate surface area is 98.3 Å². The maximum absolute atomic E-state index is 11.5. The molecule has 0 aromatic heterocycles. The van der Waals surface area contributed by atoms with Crippen LogP contribution in [0.2, 0.25) is 0 Å². The lowest BCUT2D eigenvalue weighted by Crippen LogP contribution is -2.51. The molecule has 0 unspecified atom stereocenters. The minimum atomic E-state index is -0.779. The van der Waals surface area contributed by atoms with Gasteiger partial charge in [0.2, 0.25) is 5.91 Å². The zero-order valence-electron chi connectivity index (χ0n) is 9.34. The first kappa shape index (κ1) is 11.4. The van der Waals surface area contributed by atoms with Crippen molar-refractivity contribution >= 4 is 17.5 Å². The standard InChI is InChI=1S/C11H13N3O3/c1-7(15)14-6-10(11(16)13-12)17-9-5-3-2-4-8(9)14/h2-5,10H,6,12H2,1H3,(H,13,16)/t10-/m1/s1. The maximum atomic E-state index is 11.5. The number of ether oxygens (including phenoxy) is 1. The Bertz CT molecular complexity index is 461. The van der Waals surface area contributed by atoms with E-state index in [-0.39, 0.29) is 12.5 Å². The summed E-state index contributed by atoms with van der Waals surface area (Å²) in [4.78, 5) is 24.5. The number of nitrogens with two attached hydrogens (primary N) is 1. The number of para-hydroxylation sites is 2. The molecule has 0 spiro atoms. The predicted molar refractivity (Wildman–Crippen MR) is 61.2 cm³/mol. The molecule has 0 aliphatic carbocycles. The fourth-order valence-electron chi connectivity index (χ4n) is 1.76. The van der Waals surface area contributed by atoms with Gasteiger partial charge in [-0.3, -0.25) is 15.0 Å². The van der Waals surface area contributed by atoms with E-state index in [1.54, 1.807) is 18.2 Å². The highest BCUT2D eigenvalue weighted by Gasteiger charge is 2.31. The van der Waals surface area contributed by atoms with Gasteiger partial charge in [0, 0.05) is 6.92 Å². The molecule has 1 heterocycles. The molecule has 1 aliphatic heterocycles. The fourth-order valence-corrected chi connectivity index (χ4v) is 1.76. The highest BCUT2D eigenvalue weighted by atomic mass is 16.5. The van der Waals surface area contributed by atoms with Gasteiger partial charge in [-0.1, -0.05) is 12.1 Å². The van der Waals surface area contributed by atoms with Gasteiger partial charge >= 0.3 is 0 Å². The van der Waals surface area contributed by atoms with Gasteiger partial charge < -0.3 is 9.64 Å². The number of rotatable bonds is 1. The predicted octanol–water partition coefficient (Wildman–Crippen LogP) is -0.210. The van der Waals surface area contributed by atoms with E-state index < -0.39 is 12.0 Å². The minimum absolute atomic E-state index is 0.143. The molecule has 0 bridgehead atoms. The van der Waals surface area contributed by atoms with Crippen molar-refractivity contribution in [2.24, 2.45) is 5.84 Å². The molecule has 1 aromatic carbocycles. The van der Waals surface area contributed by atoms with E-state index in [9.17, 15) is 9.59 Å². The Balaban J connectivity index is 2.36. The summed E-state index contributed by atoms with van der Waals surface area (Å²) in [5, 5.41) is 0. The zero-order valence-corrected chi connectivity index (χ0v) is 9.34. The van der Waals surface area contributed by atoms with Crippen molar-refractivity contribution in [3.05, 3.63) is 24.3 Å². The molecule has 1 atom stereocenters. The molecule has 3 N–H and O–H groups in total. The highest BCUT2D eigenvalue weighted by Crippen LogP contribution is 2.32. The van der Waals surface area contributed by atoms with E-state index in [0.717, 1.165) is 0 Å². The van der Waals surface area contributed by atoms with Gasteiger partial charge in [-0.2, -0.15) is 0 Å². The Morgan fingerprint density at radius 3 is 2.82 bits per heavy atom. The van der Waals surface area contributed by atoms with Gasteiger partial charge in [0.1, 0.15) is 5.75 Å². The van der Waals surface area contributed by atoms with Crippen molar-refractivity contribution in [2.75, 3.05) is 11.4 Å². The van der Waals surface area contributed by atoms with Crippen molar-refractivity contribution in [3.63, 3.8) is 0 Å². The normalized spacial score (nSPS) is 18.0. The highest BCUT2D eigenvalue weighted by molar-refractivity contribution is 5.95. The molecule has 2 rings (SSSR count). The van der Waals surface area contributed by atoms with Crippen LogP contribution in [0.3, 0.4) is 0 Å². The number of amides is 2. The van der Waals surface area contributed by atoms with Gasteiger partial charge in [0.25, 0.3) is 5.91 Å². The third-order valence-corrected chi connectivity index (χ3v) is 2.59. The van der Waals surface area contributed by atoms with E-state index in [1.165, 1.54) is 11.8 Å². The van der Waals surface area contributed by atoms with Crippen molar-refractivity contribution in [1.29, 1.82) is 0 Å². The van der Waals surface area contributed by atoms with E-state index in [4.69, 9.17) is 10.6 Å². The summed E-state index contributed by atoms with van der Waals surface area (Å²) in [5.74, 6) is 4.97. The third-order valence-electron chi connectivity index (χ3n) is 2.59. The van der Waals surface area contributed by atoms with Crippen LogP contribution in [0.1, 0.15) is 6.92 Å². The molecule has 0 saturated heterocycles. The first-order chi connectivity index (χ1) is 8.13. The number of hydrogen-bond acceptors (Lipinski definition) is 4. The van der Waals surface area contributed by atoms with Crippen LogP contribution in [0, 0.1) is 0 Å². The lowest BCUT2D eigenvalue weighted by molar-refractivity contribution is -0.128. The number of nitrogens with one attached hydrogen (secondary N) is 1. The molecule has 1 aliphatic rings. The Morgan fingerprint density at radius 1 is 1.47 bits per heavy atom. The summed E-state index contributed by atoms with van der Waals surface area (Å²) in [7, 11) is 0. The molecule has 1 aromatic rings. The quantitative estimate of drug-likeness (QED) is 0.401. The number of anilines is 1. The molecule has 90 valence electrons. The minimum Gasteiger partial charge on any atom is -0.476 e. The molecule has 17 heavy (non-hydrogen) atoms. The number of benzene rings is 1. The number of carbonyl (C=O) groups is 2. The summed E-state index contributed by atoms with van der Waals surface area (Å²) in [5.41, 5.74) is 2.69. The maximum Gasteiger partial charge on any atom is 0.276 e. The second kappa shape index (κ2) is 4.42. The first-order valence-corrected chi connectivity index (χ1v) is 5.17. The molecule has 0 radical (unpaired) electrons. The van der Waals surface area contributed by atoms with Gasteiger partial charge in [0.05, 0.1) is 12.2 Å².